The summed E-state index contributed by atoms with van der Waals surface area (Å²) in [4.78, 5) is 12.1. The summed E-state index contributed by atoms with van der Waals surface area (Å²) in [6, 6.07) is 9.05. The van der Waals surface area contributed by atoms with Crippen LogP contribution in [0, 0.1) is 6.92 Å². The molecule has 0 N–H and O–H groups in total. The van der Waals surface area contributed by atoms with Crippen molar-refractivity contribution in [2.24, 2.45) is 0 Å². The van der Waals surface area contributed by atoms with Crippen LogP contribution in [0.5, 0.6) is 11.5 Å². The van der Waals surface area contributed by atoms with Gasteiger partial charge in [-0.15, -0.1) is 0 Å². The molecule has 0 fully saturated rings. The topological polar surface area (TPSA) is 48.7 Å². The third kappa shape index (κ3) is 1.81. The van der Waals surface area contributed by atoms with Gasteiger partial charge in [0.2, 0.25) is 0 Å². The summed E-state index contributed by atoms with van der Waals surface area (Å²) in [5, 5.41) is 2.07. The van der Waals surface area contributed by atoms with Gasteiger partial charge in [0.05, 0.1) is 19.6 Å². The molecule has 0 amide bonds. The summed E-state index contributed by atoms with van der Waals surface area (Å²) in [7, 11) is 3.19. The molecule has 3 aromatic rings. The molecule has 0 aliphatic rings. The fraction of sp³-hybridized carbons (Fsp3) is 0.188. The highest BCUT2D eigenvalue weighted by Crippen LogP contribution is 2.33. The van der Waals surface area contributed by atoms with Crippen molar-refractivity contribution in [3.05, 3.63) is 46.3 Å². The number of methoxy groups -OCH3 is 2. The summed E-state index contributed by atoms with van der Waals surface area (Å²) in [5.41, 5.74) is 1.11. The van der Waals surface area contributed by atoms with Gasteiger partial charge in [0, 0.05) is 10.8 Å². The van der Waals surface area contributed by atoms with Gasteiger partial charge in [0.1, 0.15) is 17.1 Å². The molecule has 0 saturated heterocycles. The molecule has 2 aromatic carbocycles. The molecule has 0 aliphatic heterocycles. The summed E-state index contributed by atoms with van der Waals surface area (Å²) in [6.45, 7) is 1.91. The van der Waals surface area contributed by atoms with E-state index in [1.807, 2.05) is 25.1 Å². The maximum Gasteiger partial charge on any atom is 0.344 e. The molecule has 0 aliphatic carbocycles. The third-order valence-corrected chi connectivity index (χ3v) is 3.35. The van der Waals surface area contributed by atoms with Gasteiger partial charge >= 0.3 is 5.63 Å². The quantitative estimate of drug-likeness (QED) is 0.529. The fourth-order valence-electron chi connectivity index (χ4n) is 2.43. The first kappa shape index (κ1) is 12.5. The second-order valence-electron chi connectivity index (χ2n) is 4.64. The van der Waals surface area contributed by atoms with E-state index in [4.69, 9.17) is 13.9 Å². The first-order chi connectivity index (χ1) is 9.63. The van der Waals surface area contributed by atoms with Crippen molar-refractivity contribution in [2.75, 3.05) is 14.2 Å². The SMILES string of the molecule is COc1ccc2oc(=O)c3cc(C)cc(OC)c3c2c1. The second kappa shape index (κ2) is 4.56. The Morgan fingerprint density at radius 3 is 2.50 bits per heavy atom. The summed E-state index contributed by atoms with van der Waals surface area (Å²) in [6.07, 6.45) is 0. The van der Waals surface area contributed by atoms with E-state index in [0.29, 0.717) is 22.5 Å². The van der Waals surface area contributed by atoms with Crippen molar-refractivity contribution < 1.29 is 13.9 Å². The Balaban J connectivity index is 2.58. The molecule has 4 nitrogen and oxygen atoms in total. The molecular weight excluding hydrogens is 256 g/mol. The van der Waals surface area contributed by atoms with Crippen LogP contribution in [-0.4, -0.2) is 14.2 Å². The van der Waals surface area contributed by atoms with Crippen LogP contribution in [0.2, 0.25) is 0 Å². The van der Waals surface area contributed by atoms with Crippen molar-refractivity contribution in [2.45, 2.75) is 6.92 Å². The maximum atomic E-state index is 12.1. The third-order valence-electron chi connectivity index (χ3n) is 3.35. The molecule has 0 saturated carbocycles. The molecule has 4 heteroatoms. The van der Waals surface area contributed by atoms with Gasteiger partial charge in [0.25, 0.3) is 0 Å². The highest BCUT2D eigenvalue weighted by Gasteiger charge is 2.13. The minimum absolute atomic E-state index is 0.361. The Morgan fingerprint density at radius 2 is 1.80 bits per heavy atom. The van der Waals surface area contributed by atoms with Crippen LogP contribution in [0.15, 0.2) is 39.5 Å². The van der Waals surface area contributed by atoms with Gasteiger partial charge in [-0.05, 0) is 42.8 Å². The van der Waals surface area contributed by atoms with Crippen molar-refractivity contribution in [1.82, 2.24) is 0 Å². The molecular formula is C16H14O4. The minimum atomic E-state index is -0.361. The lowest BCUT2D eigenvalue weighted by Gasteiger charge is -2.10. The average molecular weight is 270 g/mol. The lowest BCUT2D eigenvalue weighted by molar-refractivity contribution is 0.414. The van der Waals surface area contributed by atoms with Crippen LogP contribution in [0.4, 0.5) is 0 Å². The van der Waals surface area contributed by atoms with Crippen LogP contribution in [0.25, 0.3) is 21.7 Å². The monoisotopic (exact) mass is 270 g/mol. The Labute approximate surface area is 115 Å². The molecule has 102 valence electrons. The predicted molar refractivity (Wildman–Crippen MR) is 77.8 cm³/mol. The standard InChI is InChI=1S/C16H14O4/c1-9-6-12-15(14(7-9)19-3)11-8-10(18-2)4-5-13(11)20-16(12)17/h4-8H,1-3H3. The molecule has 1 heterocycles. The molecule has 20 heavy (non-hydrogen) atoms. The van der Waals surface area contributed by atoms with E-state index in [9.17, 15) is 4.79 Å². The zero-order valence-corrected chi connectivity index (χ0v) is 11.5. The zero-order valence-electron chi connectivity index (χ0n) is 11.5. The normalized spacial score (nSPS) is 10.9. The average Bonchev–Trinajstić information content (AvgIpc) is 2.46. The van der Waals surface area contributed by atoms with Crippen LogP contribution in [-0.2, 0) is 0 Å². The molecule has 0 radical (unpaired) electrons. The van der Waals surface area contributed by atoms with Gasteiger partial charge in [-0.1, -0.05) is 0 Å². The molecule has 3 rings (SSSR count). The largest absolute Gasteiger partial charge is 0.497 e. The Morgan fingerprint density at radius 1 is 1.00 bits per heavy atom. The summed E-state index contributed by atoms with van der Waals surface area (Å²) in [5.74, 6) is 1.36. The number of hydrogen-bond donors (Lipinski definition) is 0. The van der Waals surface area contributed by atoms with E-state index in [1.165, 1.54) is 0 Å². The van der Waals surface area contributed by atoms with Crippen LogP contribution >= 0.6 is 0 Å². The van der Waals surface area contributed by atoms with Crippen LogP contribution in [0.1, 0.15) is 5.56 Å². The highest BCUT2D eigenvalue weighted by atomic mass is 16.5. The van der Waals surface area contributed by atoms with Crippen molar-refractivity contribution in [1.29, 1.82) is 0 Å². The van der Waals surface area contributed by atoms with E-state index < -0.39 is 0 Å². The van der Waals surface area contributed by atoms with Crippen molar-refractivity contribution in [3.8, 4) is 11.5 Å². The molecule has 0 bridgehead atoms. The number of ether oxygens (including phenoxy) is 2. The second-order valence-corrected chi connectivity index (χ2v) is 4.64. The van der Waals surface area contributed by atoms with Crippen LogP contribution < -0.4 is 15.1 Å². The van der Waals surface area contributed by atoms with E-state index in [2.05, 4.69) is 0 Å². The molecule has 0 unspecified atom stereocenters. The predicted octanol–water partition coefficient (Wildman–Crippen LogP) is 3.27. The Kier molecular flexibility index (Phi) is 2.86. The van der Waals surface area contributed by atoms with Gasteiger partial charge in [0.15, 0.2) is 0 Å². The minimum Gasteiger partial charge on any atom is -0.497 e. The first-order valence-corrected chi connectivity index (χ1v) is 6.23. The number of hydrogen-bond acceptors (Lipinski definition) is 4. The number of aryl methyl sites for hydroxylation is 1. The van der Waals surface area contributed by atoms with Crippen molar-refractivity contribution >= 4 is 21.7 Å². The van der Waals surface area contributed by atoms with E-state index in [0.717, 1.165) is 16.3 Å². The number of benzene rings is 2. The molecule has 0 atom stereocenters. The fourth-order valence-corrected chi connectivity index (χ4v) is 2.43. The number of rotatable bonds is 2. The van der Waals surface area contributed by atoms with E-state index in [-0.39, 0.29) is 5.63 Å². The van der Waals surface area contributed by atoms with Gasteiger partial charge in [-0.25, -0.2) is 4.79 Å². The first-order valence-electron chi connectivity index (χ1n) is 6.23. The van der Waals surface area contributed by atoms with E-state index >= 15 is 0 Å². The Bertz CT molecular complexity index is 862. The van der Waals surface area contributed by atoms with Crippen molar-refractivity contribution in [3.63, 3.8) is 0 Å². The van der Waals surface area contributed by atoms with Gasteiger partial charge in [-0.3, -0.25) is 0 Å². The van der Waals surface area contributed by atoms with Gasteiger partial charge in [-0.2, -0.15) is 0 Å². The highest BCUT2D eigenvalue weighted by molar-refractivity contribution is 6.08. The summed E-state index contributed by atoms with van der Waals surface area (Å²) >= 11 is 0. The lowest BCUT2D eigenvalue weighted by atomic mass is 10.0. The summed E-state index contributed by atoms with van der Waals surface area (Å²) < 4.78 is 16.0. The number of fused-ring (bicyclic) bond motifs is 3. The maximum absolute atomic E-state index is 12.1. The lowest BCUT2D eigenvalue weighted by Crippen LogP contribution is -2.02. The molecule has 0 spiro atoms. The van der Waals surface area contributed by atoms with Gasteiger partial charge < -0.3 is 13.9 Å². The smallest absolute Gasteiger partial charge is 0.344 e. The molecule has 1 aromatic heterocycles. The van der Waals surface area contributed by atoms with Crippen LogP contribution in [0.3, 0.4) is 0 Å². The Hall–Kier alpha value is -2.49. The zero-order chi connectivity index (χ0) is 14.3. The van der Waals surface area contributed by atoms with E-state index in [1.54, 1.807) is 26.4 Å².